The smallest absolute Gasteiger partial charge is 0.255 e. The number of phenolic OH excluding ortho intramolecular Hbond substituents is 1. The van der Waals surface area contributed by atoms with Gasteiger partial charge in [-0.25, -0.2) is 0 Å². The summed E-state index contributed by atoms with van der Waals surface area (Å²) in [5, 5.41) is 16.7. The van der Waals surface area contributed by atoms with Crippen molar-refractivity contribution in [2.24, 2.45) is 0 Å². The van der Waals surface area contributed by atoms with Crippen molar-refractivity contribution in [3.05, 3.63) is 77.4 Å². The molecule has 0 spiro atoms. The van der Waals surface area contributed by atoms with Gasteiger partial charge in [-0.3, -0.25) is 9.59 Å². The van der Waals surface area contributed by atoms with Crippen molar-refractivity contribution in [1.82, 2.24) is 5.32 Å². The molecule has 3 aromatic rings. The van der Waals surface area contributed by atoms with Gasteiger partial charge in [-0.2, -0.15) is 0 Å². The average Bonchev–Trinajstić information content (AvgIpc) is 3.16. The summed E-state index contributed by atoms with van der Waals surface area (Å²) in [6.07, 6.45) is 1.06. The molecule has 0 bridgehead atoms. The summed E-state index contributed by atoms with van der Waals surface area (Å²) in [5.41, 5.74) is 8.19. The molecule has 176 valence electrons. The minimum absolute atomic E-state index is 0.0681. The largest absolute Gasteiger partial charge is 0.505 e. The highest BCUT2D eigenvalue weighted by Gasteiger charge is 2.19. The molecule has 0 atom stereocenters. The van der Waals surface area contributed by atoms with E-state index in [2.05, 4.69) is 15.5 Å². The van der Waals surface area contributed by atoms with Gasteiger partial charge in [0.25, 0.3) is 5.91 Å². The number of methoxy groups -OCH3 is 1. The number of ether oxygens (including phenoxy) is 1. The normalized spacial score (nSPS) is 13.7. The van der Waals surface area contributed by atoms with Crippen molar-refractivity contribution in [3.8, 4) is 11.5 Å². The lowest BCUT2D eigenvalue weighted by Gasteiger charge is -2.22. The topological polar surface area (TPSA) is 117 Å². The Morgan fingerprint density at radius 3 is 2.38 bits per heavy atom. The number of nitrogens with zero attached hydrogens (tertiary/aromatic N) is 1. The van der Waals surface area contributed by atoms with E-state index in [0.717, 1.165) is 38.3 Å². The summed E-state index contributed by atoms with van der Waals surface area (Å²) in [6.45, 7) is 3.80. The van der Waals surface area contributed by atoms with Crippen LogP contribution in [-0.4, -0.2) is 50.1 Å². The van der Waals surface area contributed by atoms with Crippen LogP contribution in [0.4, 0.5) is 17.1 Å². The van der Waals surface area contributed by atoms with Crippen LogP contribution in [0.3, 0.4) is 0 Å². The van der Waals surface area contributed by atoms with E-state index in [-0.39, 0.29) is 28.5 Å². The Bertz CT molecular complexity index is 1170. The second-order valence-electron chi connectivity index (χ2n) is 8.07. The monoisotopic (exact) mass is 460 g/mol. The first-order chi connectivity index (χ1) is 16.5. The molecule has 1 heterocycles. The highest BCUT2D eigenvalue weighted by atomic mass is 16.5. The third kappa shape index (κ3) is 4.97. The summed E-state index contributed by atoms with van der Waals surface area (Å²) in [7, 11) is 1.54. The number of nitrogen functional groups attached to an aromatic ring is 1. The van der Waals surface area contributed by atoms with Crippen LogP contribution in [-0.2, 0) is 0 Å². The van der Waals surface area contributed by atoms with Gasteiger partial charge in [0, 0.05) is 36.4 Å². The highest BCUT2D eigenvalue weighted by molar-refractivity contribution is 6.13. The predicted molar refractivity (Wildman–Crippen MR) is 133 cm³/mol. The maximum absolute atomic E-state index is 13.0. The van der Waals surface area contributed by atoms with Crippen LogP contribution in [0.2, 0.25) is 0 Å². The predicted octanol–water partition coefficient (Wildman–Crippen LogP) is 3.27. The molecule has 0 radical (unpaired) electrons. The number of rotatable bonds is 6. The summed E-state index contributed by atoms with van der Waals surface area (Å²) in [6, 6.07) is 16.9. The van der Waals surface area contributed by atoms with Gasteiger partial charge in [0.15, 0.2) is 11.5 Å². The maximum Gasteiger partial charge on any atom is 0.255 e. The van der Waals surface area contributed by atoms with E-state index < -0.39 is 5.91 Å². The van der Waals surface area contributed by atoms with Crippen LogP contribution in [0, 0.1) is 0 Å². The average molecular weight is 461 g/mol. The summed E-state index contributed by atoms with van der Waals surface area (Å²) >= 11 is 0. The third-order valence-electron chi connectivity index (χ3n) is 5.90. The fraction of sp³-hybridized carbons (Fsp3) is 0.231. The number of nitrogens with one attached hydrogen (secondary N) is 2. The van der Waals surface area contributed by atoms with E-state index in [9.17, 15) is 14.7 Å². The number of anilines is 3. The van der Waals surface area contributed by atoms with Crippen LogP contribution < -0.4 is 26.0 Å². The lowest BCUT2D eigenvalue weighted by molar-refractivity contribution is 0.102. The van der Waals surface area contributed by atoms with Gasteiger partial charge < -0.3 is 31.1 Å². The Labute approximate surface area is 198 Å². The first-order valence-electron chi connectivity index (χ1n) is 11.1. The molecule has 1 fully saturated rings. The van der Waals surface area contributed by atoms with E-state index >= 15 is 0 Å². The van der Waals surface area contributed by atoms with E-state index in [1.165, 1.54) is 12.1 Å². The lowest BCUT2D eigenvalue weighted by atomic mass is 10.0. The van der Waals surface area contributed by atoms with Crippen molar-refractivity contribution >= 4 is 28.8 Å². The molecule has 0 aliphatic carbocycles. The van der Waals surface area contributed by atoms with Gasteiger partial charge in [-0.15, -0.1) is 0 Å². The number of benzene rings is 3. The number of amides is 1. The molecular formula is C26H28N4O4. The highest BCUT2D eigenvalue weighted by Crippen LogP contribution is 2.34. The fourth-order valence-electron chi connectivity index (χ4n) is 3.92. The summed E-state index contributed by atoms with van der Waals surface area (Å²) in [5.74, 6) is -0.471. The van der Waals surface area contributed by atoms with Crippen molar-refractivity contribution in [2.45, 2.75) is 6.42 Å². The first kappa shape index (κ1) is 23.1. The summed E-state index contributed by atoms with van der Waals surface area (Å²) < 4.78 is 5.09. The second kappa shape index (κ2) is 10.3. The minimum Gasteiger partial charge on any atom is -0.505 e. The molecule has 1 saturated heterocycles. The number of carbonyl (C=O) groups excluding carboxylic acids is 2. The molecule has 5 N–H and O–H groups in total. The maximum atomic E-state index is 13.0. The Hall–Kier alpha value is -4.04. The molecule has 8 heteroatoms. The van der Waals surface area contributed by atoms with Gasteiger partial charge in [0.05, 0.1) is 24.0 Å². The SMILES string of the molecule is COc1ccc(C(=O)Nc2ccc(C(=O)c3ccc(N4CCCNCC4)cc3)c(O)c2N)cc1. The van der Waals surface area contributed by atoms with Gasteiger partial charge in [-0.05, 0) is 73.6 Å². The Morgan fingerprint density at radius 2 is 1.68 bits per heavy atom. The molecular weight excluding hydrogens is 432 g/mol. The van der Waals surface area contributed by atoms with Gasteiger partial charge in [-0.1, -0.05) is 0 Å². The van der Waals surface area contributed by atoms with Gasteiger partial charge in [0.2, 0.25) is 0 Å². The summed E-state index contributed by atoms with van der Waals surface area (Å²) in [4.78, 5) is 27.9. The minimum atomic E-state index is -0.396. The number of aromatic hydroxyl groups is 1. The molecule has 8 nitrogen and oxygen atoms in total. The van der Waals surface area contributed by atoms with Crippen LogP contribution in [0.1, 0.15) is 32.7 Å². The van der Waals surface area contributed by atoms with Crippen LogP contribution in [0.25, 0.3) is 0 Å². The van der Waals surface area contributed by atoms with Crippen molar-refractivity contribution in [2.75, 3.05) is 49.2 Å². The molecule has 0 unspecified atom stereocenters. The zero-order valence-corrected chi connectivity index (χ0v) is 19.0. The van der Waals surface area contributed by atoms with E-state index in [0.29, 0.717) is 16.9 Å². The number of nitrogens with two attached hydrogens (primary N) is 1. The van der Waals surface area contributed by atoms with Gasteiger partial charge in [0.1, 0.15) is 5.75 Å². The van der Waals surface area contributed by atoms with Gasteiger partial charge >= 0.3 is 0 Å². The van der Waals surface area contributed by atoms with E-state index in [1.807, 2.05) is 12.1 Å². The number of hydrogen-bond acceptors (Lipinski definition) is 7. The van der Waals surface area contributed by atoms with Crippen molar-refractivity contribution < 1.29 is 19.4 Å². The Balaban J connectivity index is 1.49. The van der Waals surface area contributed by atoms with Crippen LogP contribution >= 0.6 is 0 Å². The number of carbonyl (C=O) groups is 2. The molecule has 3 aromatic carbocycles. The lowest BCUT2D eigenvalue weighted by Crippen LogP contribution is -2.27. The molecule has 1 aliphatic heterocycles. The standard InChI is InChI=1S/C26H28N4O4/c1-34-20-9-5-18(6-10-20)26(33)29-22-12-11-21(25(32)23(22)27)24(31)17-3-7-19(8-4-17)30-15-2-13-28-14-16-30/h3-12,28,32H,2,13-16,27H2,1H3,(H,29,33). The number of hydrogen-bond donors (Lipinski definition) is 4. The van der Waals surface area contributed by atoms with Crippen molar-refractivity contribution in [1.29, 1.82) is 0 Å². The Morgan fingerprint density at radius 1 is 0.971 bits per heavy atom. The molecule has 1 aliphatic rings. The molecule has 0 saturated carbocycles. The fourth-order valence-corrected chi connectivity index (χ4v) is 3.92. The molecule has 4 rings (SSSR count). The Kier molecular flexibility index (Phi) is 6.98. The van der Waals surface area contributed by atoms with E-state index in [4.69, 9.17) is 10.5 Å². The number of phenols is 1. The second-order valence-corrected chi connectivity index (χ2v) is 8.07. The van der Waals surface area contributed by atoms with Crippen LogP contribution in [0.15, 0.2) is 60.7 Å². The van der Waals surface area contributed by atoms with E-state index in [1.54, 1.807) is 43.5 Å². The molecule has 1 amide bonds. The zero-order chi connectivity index (χ0) is 24.1. The molecule has 0 aromatic heterocycles. The zero-order valence-electron chi connectivity index (χ0n) is 19.0. The quantitative estimate of drug-likeness (QED) is 0.253. The third-order valence-corrected chi connectivity index (χ3v) is 5.90. The molecule has 34 heavy (non-hydrogen) atoms. The van der Waals surface area contributed by atoms with Crippen LogP contribution in [0.5, 0.6) is 11.5 Å². The number of ketones is 1. The van der Waals surface area contributed by atoms with Crippen molar-refractivity contribution in [3.63, 3.8) is 0 Å². The first-order valence-corrected chi connectivity index (χ1v) is 11.1.